The molecule has 0 aliphatic carbocycles. The maximum atomic E-state index is 14.0. The van der Waals surface area contributed by atoms with Crippen LogP contribution in [0.5, 0.6) is 0 Å². The highest BCUT2D eigenvalue weighted by atomic mass is 19.1. The molecule has 0 atom stereocenters. The van der Waals surface area contributed by atoms with E-state index in [0.717, 1.165) is 11.3 Å². The average molecular weight is 517 g/mol. The van der Waals surface area contributed by atoms with E-state index in [9.17, 15) is 18.4 Å². The highest BCUT2D eigenvalue weighted by Crippen LogP contribution is 2.28. The second kappa shape index (κ2) is 10.8. The van der Waals surface area contributed by atoms with Crippen molar-refractivity contribution in [3.8, 4) is 16.9 Å². The SMILES string of the molecule is CCOC(=O)c1cc(-c2ccc(N3CCN(C(=O)c4ccccc4F)CC3)cc2)n(-c2ccc(F)cc2)n1. The Morgan fingerprint density at radius 1 is 0.868 bits per heavy atom. The number of esters is 1. The predicted octanol–water partition coefficient (Wildman–Crippen LogP) is 4.96. The van der Waals surface area contributed by atoms with Gasteiger partial charge in [-0.3, -0.25) is 4.79 Å². The number of aromatic nitrogens is 2. The molecule has 0 saturated carbocycles. The third kappa shape index (κ3) is 5.13. The van der Waals surface area contributed by atoms with Gasteiger partial charge in [0.25, 0.3) is 5.91 Å². The fraction of sp³-hybridized carbons (Fsp3) is 0.207. The molecule has 0 bridgehead atoms. The number of hydrogen-bond donors (Lipinski definition) is 0. The Labute approximate surface area is 218 Å². The molecule has 0 spiro atoms. The third-order valence-electron chi connectivity index (χ3n) is 6.46. The molecule has 2 heterocycles. The number of halogens is 2. The number of hydrogen-bond acceptors (Lipinski definition) is 5. The molecular formula is C29H26F2N4O3. The Hall–Kier alpha value is -4.53. The maximum Gasteiger partial charge on any atom is 0.358 e. The summed E-state index contributed by atoms with van der Waals surface area (Å²) in [6.45, 7) is 4.14. The fourth-order valence-electron chi connectivity index (χ4n) is 4.49. The number of anilines is 1. The van der Waals surface area contributed by atoms with E-state index in [1.807, 2.05) is 24.3 Å². The molecule has 9 heteroatoms. The normalized spacial score (nSPS) is 13.4. The first-order chi connectivity index (χ1) is 18.4. The summed E-state index contributed by atoms with van der Waals surface area (Å²) >= 11 is 0. The van der Waals surface area contributed by atoms with E-state index in [4.69, 9.17) is 4.74 Å². The number of amides is 1. The van der Waals surface area contributed by atoms with Gasteiger partial charge in [-0.15, -0.1) is 0 Å². The molecule has 1 saturated heterocycles. The fourth-order valence-corrected chi connectivity index (χ4v) is 4.49. The van der Waals surface area contributed by atoms with Crippen LogP contribution in [-0.2, 0) is 4.74 Å². The van der Waals surface area contributed by atoms with E-state index in [1.54, 1.807) is 46.8 Å². The molecule has 4 aromatic rings. The minimum atomic E-state index is -0.533. The van der Waals surface area contributed by atoms with Crippen LogP contribution in [0.4, 0.5) is 14.5 Å². The minimum Gasteiger partial charge on any atom is -0.461 e. The molecule has 0 radical (unpaired) electrons. The summed E-state index contributed by atoms with van der Waals surface area (Å²) in [5.41, 5.74) is 3.30. The predicted molar refractivity (Wildman–Crippen MR) is 139 cm³/mol. The van der Waals surface area contributed by atoms with Gasteiger partial charge in [0.1, 0.15) is 11.6 Å². The van der Waals surface area contributed by atoms with Gasteiger partial charge in [-0.05, 0) is 61.5 Å². The second-order valence-electron chi connectivity index (χ2n) is 8.83. The van der Waals surface area contributed by atoms with Gasteiger partial charge in [-0.25, -0.2) is 18.3 Å². The Bertz CT molecular complexity index is 1440. The Morgan fingerprint density at radius 3 is 2.18 bits per heavy atom. The van der Waals surface area contributed by atoms with E-state index in [-0.39, 0.29) is 29.6 Å². The summed E-state index contributed by atoms with van der Waals surface area (Å²) in [6, 6.07) is 21.3. The lowest BCUT2D eigenvalue weighted by molar-refractivity contribution is 0.0518. The molecule has 1 aliphatic heterocycles. The van der Waals surface area contributed by atoms with Gasteiger partial charge in [0.05, 0.1) is 23.6 Å². The summed E-state index contributed by atoms with van der Waals surface area (Å²) in [4.78, 5) is 28.9. The molecule has 0 unspecified atom stereocenters. The van der Waals surface area contributed by atoms with Crippen molar-refractivity contribution in [2.45, 2.75) is 6.92 Å². The average Bonchev–Trinajstić information content (AvgIpc) is 3.39. The van der Waals surface area contributed by atoms with Crippen LogP contribution in [0.3, 0.4) is 0 Å². The number of piperazine rings is 1. The van der Waals surface area contributed by atoms with Crippen molar-refractivity contribution in [1.82, 2.24) is 14.7 Å². The first kappa shape index (κ1) is 25.1. The lowest BCUT2D eigenvalue weighted by Crippen LogP contribution is -2.49. The smallest absolute Gasteiger partial charge is 0.358 e. The zero-order chi connectivity index (χ0) is 26.6. The summed E-state index contributed by atoms with van der Waals surface area (Å²) in [5, 5.41) is 4.42. The van der Waals surface area contributed by atoms with Crippen LogP contribution in [0.25, 0.3) is 16.9 Å². The highest BCUT2D eigenvalue weighted by Gasteiger charge is 2.24. The van der Waals surface area contributed by atoms with Crippen LogP contribution in [0.15, 0.2) is 78.9 Å². The minimum absolute atomic E-state index is 0.0882. The van der Waals surface area contributed by atoms with Crippen LogP contribution >= 0.6 is 0 Å². The van der Waals surface area contributed by atoms with Gasteiger partial charge in [-0.2, -0.15) is 5.10 Å². The largest absolute Gasteiger partial charge is 0.461 e. The molecule has 0 N–H and O–H groups in total. The zero-order valence-electron chi connectivity index (χ0n) is 20.8. The van der Waals surface area contributed by atoms with E-state index >= 15 is 0 Å². The molecule has 1 amide bonds. The summed E-state index contributed by atoms with van der Waals surface area (Å²) < 4.78 is 34.3. The van der Waals surface area contributed by atoms with Crippen LogP contribution in [-0.4, -0.2) is 59.3 Å². The van der Waals surface area contributed by atoms with Gasteiger partial charge >= 0.3 is 5.97 Å². The van der Waals surface area contributed by atoms with Gasteiger partial charge in [-0.1, -0.05) is 24.3 Å². The monoisotopic (exact) mass is 516 g/mol. The zero-order valence-corrected chi connectivity index (χ0v) is 20.8. The van der Waals surface area contributed by atoms with Gasteiger partial charge in [0.15, 0.2) is 5.69 Å². The molecule has 5 rings (SSSR count). The highest BCUT2D eigenvalue weighted by molar-refractivity contribution is 5.94. The quantitative estimate of drug-likeness (QED) is 0.339. The van der Waals surface area contributed by atoms with E-state index in [0.29, 0.717) is 37.6 Å². The lowest BCUT2D eigenvalue weighted by atomic mass is 10.1. The standard InChI is InChI=1S/C29H26F2N4O3/c1-2-38-29(37)26-19-27(35(32-26)23-13-9-21(30)10-14-23)20-7-11-22(12-8-20)33-15-17-34(18-16-33)28(36)24-5-3-4-6-25(24)31/h3-14,19H,2,15-18H2,1H3. The molecule has 194 valence electrons. The number of benzene rings is 3. The summed E-state index contributed by atoms with van der Waals surface area (Å²) in [6.07, 6.45) is 0. The van der Waals surface area contributed by atoms with Crippen LogP contribution in [0.2, 0.25) is 0 Å². The van der Waals surface area contributed by atoms with Crippen LogP contribution in [0.1, 0.15) is 27.8 Å². The number of carbonyl (C=O) groups is 2. The van der Waals surface area contributed by atoms with Crippen LogP contribution in [0, 0.1) is 11.6 Å². The van der Waals surface area contributed by atoms with Crippen LogP contribution < -0.4 is 4.90 Å². The molecule has 7 nitrogen and oxygen atoms in total. The van der Waals surface area contributed by atoms with Crippen molar-refractivity contribution in [2.24, 2.45) is 0 Å². The first-order valence-electron chi connectivity index (χ1n) is 12.4. The topological polar surface area (TPSA) is 67.7 Å². The second-order valence-corrected chi connectivity index (χ2v) is 8.83. The molecule has 1 fully saturated rings. The number of rotatable bonds is 6. The van der Waals surface area contributed by atoms with Crippen molar-refractivity contribution in [1.29, 1.82) is 0 Å². The van der Waals surface area contributed by atoms with Gasteiger partial charge in [0, 0.05) is 37.4 Å². The molecular weight excluding hydrogens is 490 g/mol. The summed E-state index contributed by atoms with van der Waals surface area (Å²) in [5.74, 6) is -1.71. The van der Waals surface area contributed by atoms with Crippen molar-refractivity contribution in [3.63, 3.8) is 0 Å². The maximum absolute atomic E-state index is 14.0. The van der Waals surface area contributed by atoms with Crippen molar-refractivity contribution in [3.05, 3.63) is 102 Å². The molecule has 1 aliphatic rings. The van der Waals surface area contributed by atoms with Crippen molar-refractivity contribution >= 4 is 17.6 Å². The number of carbonyl (C=O) groups excluding carboxylic acids is 2. The molecule has 38 heavy (non-hydrogen) atoms. The molecule has 1 aromatic heterocycles. The van der Waals surface area contributed by atoms with Crippen molar-refractivity contribution in [2.75, 3.05) is 37.7 Å². The van der Waals surface area contributed by atoms with Gasteiger partial charge in [0.2, 0.25) is 0 Å². The number of nitrogens with zero attached hydrogens (tertiary/aromatic N) is 4. The lowest BCUT2D eigenvalue weighted by Gasteiger charge is -2.36. The number of ether oxygens (including phenoxy) is 1. The van der Waals surface area contributed by atoms with E-state index in [2.05, 4.69) is 10.00 Å². The molecule has 3 aromatic carbocycles. The third-order valence-corrected chi connectivity index (χ3v) is 6.46. The van der Waals surface area contributed by atoms with E-state index < -0.39 is 11.8 Å². The van der Waals surface area contributed by atoms with Crippen molar-refractivity contribution < 1.29 is 23.1 Å². The first-order valence-corrected chi connectivity index (χ1v) is 12.4. The Balaban J connectivity index is 1.34. The summed E-state index contributed by atoms with van der Waals surface area (Å²) in [7, 11) is 0. The Kier molecular flexibility index (Phi) is 7.17. The Morgan fingerprint density at radius 2 is 1.53 bits per heavy atom. The van der Waals surface area contributed by atoms with E-state index in [1.165, 1.54) is 24.3 Å². The van der Waals surface area contributed by atoms with Gasteiger partial charge < -0.3 is 14.5 Å².